The van der Waals surface area contributed by atoms with Gasteiger partial charge >= 0.3 is 5.97 Å². The molecular formula is C28H40N2O4. The normalized spacial score (nSPS) is 23.3. The first kappa shape index (κ1) is 26.0. The van der Waals surface area contributed by atoms with Crippen molar-refractivity contribution in [3.63, 3.8) is 0 Å². The average Bonchev–Trinajstić information content (AvgIpc) is 3.44. The fraction of sp³-hybridized carbons (Fsp3) is 0.607. The third-order valence-electron chi connectivity index (χ3n) is 7.55. The van der Waals surface area contributed by atoms with Crippen molar-refractivity contribution in [2.75, 3.05) is 13.1 Å². The van der Waals surface area contributed by atoms with Gasteiger partial charge in [0, 0.05) is 19.4 Å². The highest BCUT2D eigenvalue weighted by atomic mass is 16.4. The molecule has 0 radical (unpaired) electrons. The Morgan fingerprint density at radius 3 is 2.41 bits per heavy atom. The molecule has 6 nitrogen and oxygen atoms in total. The van der Waals surface area contributed by atoms with Crippen LogP contribution in [-0.2, 0) is 20.8 Å². The Kier molecular flexibility index (Phi) is 10.6. The van der Waals surface area contributed by atoms with Crippen molar-refractivity contribution >= 4 is 17.8 Å². The Morgan fingerprint density at radius 1 is 0.882 bits per heavy atom. The molecule has 2 aliphatic rings. The first-order chi connectivity index (χ1) is 16.5. The highest BCUT2D eigenvalue weighted by Gasteiger charge is 2.46. The molecule has 186 valence electrons. The van der Waals surface area contributed by atoms with Gasteiger partial charge in [0.15, 0.2) is 0 Å². The Hall–Kier alpha value is -2.63. The van der Waals surface area contributed by atoms with Crippen LogP contribution < -0.4 is 10.6 Å². The van der Waals surface area contributed by atoms with E-state index in [0.717, 1.165) is 38.0 Å². The second-order valence-corrected chi connectivity index (χ2v) is 9.93. The van der Waals surface area contributed by atoms with E-state index in [1.54, 1.807) is 0 Å². The summed E-state index contributed by atoms with van der Waals surface area (Å²) in [6.07, 6.45) is 14.0. The number of carbonyl (C=O) groups excluding carboxylic acids is 2. The van der Waals surface area contributed by atoms with Crippen molar-refractivity contribution in [3.05, 3.63) is 48.0 Å². The number of benzene rings is 1. The summed E-state index contributed by atoms with van der Waals surface area (Å²) in [5, 5.41) is 14.6. The lowest BCUT2D eigenvalue weighted by molar-refractivity contribution is -0.137. The van der Waals surface area contributed by atoms with Gasteiger partial charge in [-0.1, -0.05) is 42.5 Å². The molecule has 2 fully saturated rings. The number of carboxylic acids is 1. The standard InChI is InChI=1S/C28H40N2O4/c31-26(14-9-8-12-21-10-4-3-5-11-21)30-20-27(32)29-19-25-23-17-16-22(18-23)24(25)13-6-1-2-7-15-28(33)34/h1,3-6,10-11,22-25H,2,7-9,12-20H2,(H,29,32)(H,30,31)(H,33,34)/t22-,23+,24-,25+/m1/s1. The fourth-order valence-electron chi connectivity index (χ4n) is 5.78. The van der Waals surface area contributed by atoms with Gasteiger partial charge in [0.25, 0.3) is 0 Å². The molecule has 1 aromatic carbocycles. The van der Waals surface area contributed by atoms with Gasteiger partial charge in [0.1, 0.15) is 0 Å². The van der Waals surface area contributed by atoms with Crippen molar-refractivity contribution in [2.24, 2.45) is 23.7 Å². The molecule has 0 spiro atoms. The van der Waals surface area contributed by atoms with E-state index in [0.29, 0.717) is 37.1 Å². The molecule has 0 heterocycles. The van der Waals surface area contributed by atoms with Gasteiger partial charge in [-0.3, -0.25) is 14.4 Å². The summed E-state index contributed by atoms with van der Waals surface area (Å²) in [7, 11) is 0. The van der Waals surface area contributed by atoms with Gasteiger partial charge in [-0.05, 0) is 87.0 Å². The van der Waals surface area contributed by atoms with Crippen LogP contribution in [0.3, 0.4) is 0 Å². The number of amides is 2. The number of aliphatic carboxylic acids is 1. The van der Waals surface area contributed by atoms with E-state index in [9.17, 15) is 14.4 Å². The minimum atomic E-state index is -0.739. The van der Waals surface area contributed by atoms with E-state index in [-0.39, 0.29) is 24.8 Å². The third kappa shape index (κ3) is 8.62. The van der Waals surface area contributed by atoms with E-state index >= 15 is 0 Å². The molecule has 0 aliphatic heterocycles. The van der Waals surface area contributed by atoms with Gasteiger partial charge < -0.3 is 15.7 Å². The van der Waals surface area contributed by atoms with Gasteiger partial charge in [-0.15, -0.1) is 0 Å². The zero-order chi connectivity index (χ0) is 24.2. The zero-order valence-corrected chi connectivity index (χ0v) is 20.2. The number of unbranched alkanes of at least 4 members (excludes halogenated alkanes) is 2. The molecule has 3 N–H and O–H groups in total. The summed E-state index contributed by atoms with van der Waals surface area (Å²) in [4.78, 5) is 35.0. The minimum Gasteiger partial charge on any atom is -0.481 e. The van der Waals surface area contributed by atoms with Crippen LogP contribution >= 0.6 is 0 Å². The van der Waals surface area contributed by atoms with E-state index in [1.165, 1.54) is 24.8 Å². The second-order valence-electron chi connectivity index (χ2n) is 9.93. The molecule has 2 amide bonds. The summed E-state index contributed by atoms with van der Waals surface area (Å²) in [5.74, 6) is 1.61. The molecule has 6 heteroatoms. The topological polar surface area (TPSA) is 95.5 Å². The molecule has 0 unspecified atom stereocenters. The number of fused-ring (bicyclic) bond motifs is 2. The first-order valence-electron chi connectivity index (χ1n) is 13.0. The second kappa shape index (κ2) is 13.9. The molecule has 3 rings (SSSR count). The lowest BCUT2D eigenvalue weighted by Crippen LogP contribution is -2.41. The highest BCUT2D eigenvalue weighted by Crippen LogP contribution is 2.53. The van der Waals surface area contributed by atoms with Crippen LogP contribution in [0.5, 0.6) is 0 Å². The van der Waals surface area contributed by atoms with Crippen molar-refractivity contribution in [1.82, 2.24) is 10.6 Å². The quantitative estimate of drug-likeness (QED) is 0.261. The third-order valence-corrected chi connectivity index (χ3v) is 7.55. The number of rotatable bonds is 15. The number of allylic oxidation sites excluding steroid dienone is 2. The Balaban J connectivity index is 1.29. The first-order valence-corrected chi connectivity index (χ1v) is 13.0. The number of nitrogens with one attached hydrogen (secondary N) is 2. The van der Waals surface area contributed by atoms with E-state index in [1.807, 2.05) is 18.2 Å². The van der Waals surface area contributed by atoms with Gasteiger partial charge in [0.2, 0.25) is 11.8 Å². The Morgan fingerprint density at radius 2 is 1.65 bits per heavy atom. The maximum atomic E-state index is 12.3. The van der Waals surface area contributed by atoms with E-state index in [4.69, 9.17) is 5.11 Å². The molecule has 1 aromatic rings. The summed E-state index contributed by atoms with van der Waals surface area (Å²) < 4.78 is 0. The molecule has 0 saturated heterocycles. The molecule has 34 heavy (non-hydrogen) atoms. The van der Waals surface area contributed by atoms with Gasteiger partial charge in [-0.25, -0.2) is 0 Å². The fourth-order valence-corrected chi connectivity index (χ4v) is 5.78. The van der Waals surface area contributed by atoms with Crippen molar-refractivity contribution < 1.29 is 19.5 Å². The number of carbonyl (C=O) groups is 3. The number of hydrogen-bond acceptors (Lipinski definition) is 3. The summed E-state index contributed by atoms with van der Waals surface area (Å²) in [6.45, 7) is 0.733. The van der Waals surface area contributed by atoms with E-state index in [2.05, 4.69) is 34.9 Å². The molecule has 0 aromatic heterocycles. The molecule has 2 saturated carbocycles. The van der Waals surface area contributed by atoms with Gasteiger partial charge in [-0.2, -0.15) is 0 Å². The minimum absolute atomic E-state index is 0.0481. The summed E-state index contributed by atoms with van der Waals surface area (Å²) >= 11 is 0. The lowest BCUT2D eigenvalue weighted by atomic mass is 9.77. The smallest absolute Gasteiger partial charge is 0.303 e. The van der Waals surface area contributed by atoms with Crippen LogP contribution in [0.15, 0.2) is 42.5 Å². The predicted octanol–water partition coefficient (Wildman–Crippen LogP) is 4.50. The molecular weight excluding hydrogens is 428 g/mol. The van der Waals surface area contributed by atoms with E-state index < -0.39 is 5.97 Å². The monoisotopic (exact) mass is 468 g/mol. The van der Waals surface area contributed by atoms with Crippen molar-refractivity contribution in [1.29, 1.82) is 0 Å². The average molecular weight is 469 g/mol. The molecule has 2 aliphatic carbocycles. The predicted molar refractivity (Wildman–Crippen MR) is 133 cm³/mol. The zero-order valence-electron chi connectivity index (χ0n) is 20.2. The van der Waals surface area contributed by atoms with Gasteiger partial charge in [0.05, 0.1) is 6.54 Å². The maximum Gasteiger partial charge on any atom is 0.303 e. The Labute approximate surface area is 203 Å². The van der Waals surface area contributed by atoms with Crippen molar-refractivity contribution in [3.8, 4) is 0 Å². The SMILES string of the molecule is O=C(O)CCCC=CC[C@@H]1[C@@H]2CC[C@@H](C2)[C@@H]1CNC(=O)CNC(=O)CCCCc1ccccc1. The lowest BCUT2D eigenvalue weighted by Gasteiger charge is -2.30. The number of carboxylic acid groups (broad SMARTS) is 1. The van der Waals surface area contributed by atoms with Crippen LogP contribution in [0, 0.1) is 23.7 Å². The van der Waals surface area contributed by atoms with Crippen LogP contribution in [0.2, 0.25) is 0 Å². The van der Waals surface area contributed by atoms with Crippen LogP contribution in [0.25, 0.3) is 0 Å². The number of aryl methyl sites for hydroxylation is 1. The Bertz CT molecular complexity index is 823. The summed E-state index contributed by atoms with van der Waals surface area (Å²) in [6, 6.07) is 10.3. The largest absolute Gasteiger partial charge is 0.481 e. The maximum absolute atomic E-state index is 12.3. The van der Waals surface area contributed by atoms with Crippen LogP contribution in [0.1, 0.15) is 69.8 Å². The van der Waals surface area contributed by atoms with Crippen LogP contribution in [0.4, 0.5) is 0 Å². The highest BCUT2D eigenvalue weighted by molar-refractivity contribution is 5.84. The molecule has 4 atom stereocenters. The van der Waals surface area contributed by atoms with Crippen molar-refractivity contribution in [2.45, 2.75) is 70.6 Å². The number of hydrogen-bond donors (Lipinski definition) is 3. The summed E-state index contributed by atoms with van der Waals surface area (Å²) in [5.41, 5.74) is 1.29. The van der Waals surface area contributed by atoms with Crippen LogP contribution in [-0.4, -0.2) is 36.0 Å². The molecule has 2 bridgehead atoms.